The zero-order valence-corrected chi connectivity index (χ0v) is 25.0. The summed E-state index contributed by atoms with van der Waals surface area (Å²) >= 11 is 0. The molecule has 2 saturated heterocycles. The topological polar surface area (TPSA) is 122 Å². The summed E-state index contributed by atoms with van der Waals surface area (Å²) in [6, 6.07) is 19.3. The molecule has 0 bridgehead atoms. The average molecular weight is 603 g/mol. The first kappa shape index (κ1) is 29.9. The number of sulfonamides is 1. The first-order valence-electron chi connectivity index (χ1n) is 14.0. The molecule has 3 aromatic rings. The van der Waals surface area contributed by atoms with E-state index in [1.54, 1.807) is 48.5 Å². The minimum atomic E-state index is -3.60. The van der Waals surface area contributed by atoms with Crippen LogP contribution in [0.3, 0.4) is 0 Å². The van der Waals surface area contributed by atoms with Gasteiger partial charge in [-0.05, 0) is 74.2 Å². The largest absolute Gasteiger partial charge is 0.491 e. The molecule has 2 fully saturated rings. The number of hydrogen-bond donors (Lipinski definition) is 2. The Hall–Kier alpha value is -2.54. The molecule has 2 unspecified atom stereocenters. The van der Waals surface area contributed by atoms with Gasteiger partial charge in [-0.15, -0.1) is 0 Å². The number of nitrogens with zero attached hydrogens (tertiary/aromatic N) is 1. The summed E-state index contributed by atoms with van der Waals surface area (Å²) in [6.07, 6.45) is 1.16. The number of sulfone groups is 1. The highest BCUT2D eigenvalue weighted by molar-refractivity contribution is 7.92. The highest BCUT2D eigenvalue weighted by Crippen LogP contribution is 2.37. The van der Waals surface area contributed by atoms with Crippen LogP contribution >= 0.6 is 0 Å². The Balaban J connectivity index is 1.09. The normalized spacial score (nSPS) is 20.5. The van der Waals surface area contributed by atoms with Gasteiger partial charge in [-0.2, -0.15) is 4.31 Å². The number of benzene rings is 3. The lowest BCUT2D eigenvalue weighted by Crippen LogP contribution is -2.47. The van der Waals surface area contributed by atoms with Crippen LogP contribution in [0.2, 0.25) is 0 Å². The molecule has 2 aliphatic heterocycles. The fourth-order valence-corrected chi connectivity index (χ4v) is 8.07. The summed E-state index contributed by atoms with van der Waals surface area (Å²) in [7, 11) is -7.01. The molecule has 9 nitrogen and oxygen atoms in total. The van der Waals surface area contributed by atoms with Crippen LogP contribution in [0.15, 0.2) is 76.5 Å². The van der Waals surface area contributed by atoms with Crippen molar-refractivity contribution in [2.45, 2.75) is 65.9 Å². The molecule has 0 amide bonds. The number of hydrogen-bond acceptors (Lipinski definition) is 8. The van der Waals surface area contributed by atoms with Crippen molar-refractivity contribution in [1.82, 2.24) is 9.62 Å². The van der Waals surface area contributed by atoms with Crippen LogP contribution < -0.4 is 10.1 Å². The van der Waals surface area contributed by atoms with Gasteiger partial charge in [0.2, 0.25) is 10.0 Å². The molecule has 222 valence electrons. The van der Waals surface area contributed by atoms with E-state index in [4.69, 9.17) is 9.47 Å². The van der Waals surface area contributed by atoms with Gasteiger partial charge in [0.25, 0.3) is 0 Å². The summed E-state index contributed by atoms with van der Waals surface area (Å²) in [6.45, 7) is 4.84. The molecule has 2 N–H and O–H groups in total. The van der Waals surface area contributed by atoms with Gasteiger partial charge in [0.05, 0.1) is 27.2 Å². The summed E-state index contributed by atoms with van der Waals surface area (Å²) in [5.41, 5.74) is -0.378. The summed E-state index contributed by atoms with van der Waals surface area (Å²) in [5.74, 6) is 0.388. The highest BCUT2D eigenvalue weighted by atomic mass is 32.2. The fourth-order valence-electron chi connectivity index (χ4n) is 5.50. The van der Waals surface area contributed by atoms with Gasteiger partial charge in [-0.1, -0.05) is 36.4 Å². The van der Waals surface area contributed by atoms with Gasteiger partial charge in [-0.25, -0.2) is 16.8 Å². The van der Waals surface area contributed by atoms with Gasteiger partial charge in [-0.3, -0.25) is 0 Å². The molecule has 41 heavy (non-hydrogen) atoms. The molecular weight excluding hydrogens is 564 g/mol. The molecule has 2 atom stereocenters. The van der Waals surface area contributed by atoms with E-state index in [1.165, 1.54) is 6.07 Å². The van der Waals surface area contributed by atoms with E-state index in [-0.39, 0.29) is 29.7 Å². The molecular formula is C30H38N2O7S2. The predicted molar refractivity (Wildman–Crippen MR) is 157 cm³/mol. The Morgan fingerprint density at radius 2 is 1.71 bits per heavy atom. The van der Waals surface area contributed by atoms with Crippen molar-refractivity contribution in [3.63, 3.8) is 0 Å². The number of nitrogens with one attached hydrogen (secondary N) is 1. The van der Waals surface area contributed by atoms with E-state index < -0.39 is 31.2 Å². The summed E-state index contributed by atoms with van der Waals surface area (Å²) in [5, 5.41) is 15.2. The number of aliphatic hydroxyl groups is 1. The Morgan fingerprint density at radius 1 is 0.976 bits per heavy atom. The van der Waals surface area contributed by atoms with Crippen molar-refractivity contribution >= 4 is 30.6 Å². The average Bonchev–Trinajstić information content (AvgIpc) is 3.37. The molecule has 0 radical (unpaired) electrons. The maximum absolute atomic E-state index is 13.3. The Kier molecular flexibility index (Phi) is 8.75. The standard InChI is InChI=1S/C30H38N2O7S2/c1-22(2)40(34,35)28-9-5-8-27(17-28)38-21-26(33)19-31-25-18-30(39-20-25)12-14-32(15-13-30)41(36,37)29-11-10-23-6-3-4-7-24(23)16-29/h3-11,16-17,22,25-26,31,33H,12-15,18-21H2,1-2H3. The van der Waals surface area contributed by atoms with Crippen molar-refractivity contribution in [2.24, 2.45) is 0 Å². The van der Waals surface area contributed by atoms with E-state index in [0.717, 1.165) is 17.2 Å². The molecule has 3 aromatic carbocycles. The number of piperidine rings is 1. The zero-order chi connectivity index (χ0) is 29.3. The first-order chi connectivity index (χ1) is 19.5. The lowest BCUT2D eigenvalue weighted by atomic mass is 9.88. The molecule has 1 spiro atoms. The highest BCUT2D eigenvalue weighted by Gasteiger charge is 2.44. The number of ether oxygens (including phenoxy) is 2. The quantitative estimate of drug-likeness (QED) is 0.362. The van der Waals surface area contributed by atoms with E-state index in [0.29, 0.717) is 43.2 Å². The van der Waals surface area contributed by atoms with Gasteiger partial charge in [0.1, 0.15) is 18.5 Å². The third kappa shape index (κ3) is 6.60. The second-order valence-corrected chi connectivity index (χ2v) is 15.7. The lowest BCUT2D eigenvalue weighted by Gasteiger charge is -2.38. The van der Waals surface area contributed by atoms with Gasteiger partial charge < -0.3 is 19.9 Å². The van der Waals surface area contributed by atoms with Crippen LogP contribution in [0.25, 0.3) is 10.8 Å². The van der Waals surface area contributed by atoms with Crippen LogP contribution in [0, 0.1) is 0 Å². The molecule has 0 aliphatic carbocycles. The fraction of sp³-hybridized carbons (Fsp3) is 0.467. The minimum absolute atomic E-state index is 0.0124. The second-order valence-electron chi connectivity index (χ2n) is 11.2. The summed E-state index contributed by atoms with van der Waals surface area (Å²) < 4.78 is 64.9. The van der Waals surface area contributed by atoms with Crippen molar-refractivity contribution in [1.29, 1.82) is 0 Å². The van der Waals surface area contributed by atoms with Gasteiger partial charge in [0.15, 0.2) is 9.84 Å². The third-order valence-corrected chi connectivity index (χ3v) is 12.1. The Morgan fingerprint density at radius 3 is 2.44 bits per heavy atom. The van der Waals surface area contributed by atoms with Crippen molar-refractivity contribution < 1.29 is 31.4 Å². The molecule has 0 saturated carbocycles. The van der Waals surface area contributed by atoms with Crippen LogP contribution in [0.1, 0.15) is 33.1 Å². The van der Waals surface area contributed by atoms with Crippen LogP contribution in [-0.2, 0) is 24.6 Å². The first-order valence-corrected chi connectivity index (χ1v) is 17.0. The Bertz CT molecular complexity index is 1580. The van der Waals surface area contributed by atoms with E-state index in [9.17, 15) is 21.9 Å². The molecule has 11 heteroatoms. The maximum atomic E-state index is 13.3. The van der Waals surface area contributed by atoms with E-state index >= 15 is 0 Å². The molecule has 2 heterocycles. The van der Waals surface area contributed by atoms with Crippen molar-refractivity contribution in [3.05, 3.63) is 66.7 Å². The minimum Gasteiger partial charge on any atom is -0.491 e. The van der Waals surface area contributed by atoms with E-state index in [1.807, 2.05) is 30.3 Å². The van der Waals surface area contributed by atoms with Crippen molar-refractivity contribution in [3.8, 4) is 5.75 Å². The predicted octanol–water partition coefficient (Wildman–Crippen LogP) is 3.36. The van der Waals surface area contributed by atoms with Gasteiger partial charge >= 0.3 is 0 Å². The SMILES string of the molecule is CC(C)S(=O)(=O)c1cccc(OCC(O)CNC2COC3(CCN(S(=O)(=O)c4ccc5ccccc5c4)CC3)C2)c1. The molecule has 2 aliphatic rings. The van der Waals surface area contributed by atoms with Gasteiger partial charge in [0, 0.05) is 25.7 Å². The maximum Gasteiger partial charge on any atom is 0.243 e. The van der Waals surface area contributed by atoms with Crippen LogP contribution in [0.4, 0.5) is 0 Å². The molecule has 5 rings (SSSR count). The summed E-state index contributed by atoms with van der Waals surface area (Å²) in [4.78, 5) is 0.505. The van der Waals surface area contributed by atoms with Crippen molar-refractivity contribution in [2.75, 3.05) is 32.8 Å². The van der Waals surface area contributed by atoms with Crippen LogP contribution in [-0.4, -0.2) is 82.1 Å². The Labute approximate surface area is 242 Å². The second kappa shape index (κ2) is 12.0. The monoisotopic (exact) mass is 602 g/mol. The smallest absolute Gasteiger partial charge is 0.243 e. The zero-order valence-electron chi connectivity index (χ0n) is 23.4. The number of rotatable bonds is 10. The number of fused-ring (bicyclic) bond motifs is 1. The van der Waals surface area contributed by atoms with Crippen LogP contribution in [0.5, 0.6) is 5.75 Å². The number of aliphatic hydroxyl groups excluding tert-OH is 1. The third-order valence-electron chi connectivity index (χ3n) is 8.04. The molecule has 0 aromatic heterocycles. The lowest BCUT2D eigenvalue weighted by molar-refractivity contribution is -0.0312. The van der Waals surface area contributed by atoms with E-state index in [2.05, 4.69) is 5.32 Å².